The summed E-state index contributed by atoms with van der Waals surface area (Å²) in [6.45, 7) is 2.18. The van der Waals surface area contributed by atoms with Crippen LogP contribution in [0.3, 0.4) is 0 Å². The summed E-state index contributed by atoms with van der Waals surface area (Å²) in [5, 5.41) is 7.57. The van der Waals surface area contributed by atoms with E-state index < -0.39 is 0 Å². The topological polar surface area (TPSA) is 60.9 Å². The summed E-state index contributed by atoms with van der Waals surface area (Å²) in [6.07, 6.45) is 0. The minimum Gasteiger partial charge on any atom is -0.359 e. The molecule has 2 aromatic heterocycles. The molecule has 2 heterocycles. The van der Waals surface area contributed by atoms with E-state index in [9.17, 15) is 4.79 Å². The van der Waals surface area contributed by atoms with Gasteiger partial charge in [0.2, 0.25) is 0 Å². The monoisotopic (exact) mass is 197 g/mol. The zero-order valence-electron chi connectivity index (χ0n) is 6.93. The van der Waals surface area contributed by atoms with Crippen LogP contribution in [-0.2, 0) is 6.54 Å². The standard InChI is InChI=1S/C7H7N3O2S/c1-5-2-6(12-9-5)3-10-7(11)13-4-8-10/h2,4H,3H2,1H3. The minimum absolute atomic E-state index is 0.0888. The van der Waals surface area contributed by atoms with Crippen LogP contribution in [0.2, 0.25) is 0 Å². The highest BCUT2D eigenvalue weighted by Crippen LogP contribution is 2.02. The van der Waals surface area contributed by atoms with Gasteiger partial charge in [0.25, 0.3) is 0 Å². The van der Waals surface area contributed by atoms with E-state index in [0.29, 0.717) is 12.3 Å². The molecule has 0 atom stereocenters. The van der Waals surface area contributed by atoms with Crippen molar-refractivity contribution in [3.63, 3.8) is 0 Å². The maximum absolute atomic E-state index is 11.1. The Bertz CT molecular complexity index is 456. The molecule has 0 saturated carbocycles. The molecule has 6 heteroatoms. The predicted molar refractivity (Wildman–Crippen MR) is 46.7 cm³/mol. The van der Waals surface area contributed by atoms with Crippen molar-refractivity contribution < 1.29 is 4.52 Å². The summed E-state index contributed by atoms with van der Waals surface area (Å²) >= 11 is 1.06. The molecular weight excluding hydrogens is 190 g/mol. The van der Waals surface area contributed by atoms with Crippen LogP contribution in [0.5, 0.6) is 0 Å². The van der Waals surface area contributed by atoms with Gasteiger partial charge in [0.05, 0.1) is 5.69 Å². The molecule has 0 saturated heterocycles. The van der Waals surface area contributed by atoms with Crippen molar-refractivity contribution in [3.8, 4) is 0 Å². The van der Waals surface area contributed by atoms with E-state index in [4.69, 9.17) is 4.52 Å². The van der Waals surface area contributed by atoms with E-state index in [-0.39, 0.29) is 4.87 Å². The average Bonchev–Trinajstić information content (AvgIpc) is 2.64. The number of aryl methyl sites for hydroxylation is 1. The highest BCUT2D eigenvalue weighted by molar-refractivity contribution is 7.06. The van der Waals surface area contributed by atoms with Crippen LogP contribution in [0.4, 0.5) is 0 Å². The summed E-state index contributed by atoms with van der Waals surface area (Å²) in [4.78, 5) is 11.0. The van der Waals surface area contributed by atoms with Gasteiger partial charge in [-0.05, 0) is 6.92 Å². The smallest absolute Gasteiger partial charge is 0.325 e. The van der Waals surface area contributed by atoms with Crippen LogP contribution >= 0.6 is 11.3 Å². The lowest BCUT2D eigenvalue weighted by molar-refractivity contribution is 0.367. The largest absolute Gasteiger partial charge is 0.359 e. The Morgan fingerprint density at radius 3 is 3.08 bits per heavy atom. The molecule has 5 nitrogen and oxygen atoms in total. The SMILES string of the molecule is Cc1cc(Cn2ncsc2=O)on1. The lowest BCUT2D eigenvalue weighted by Gasteiger charge is -1.91. The van der Waals surface area contributed by atoms with Gasteiger partial charge >= 0.3 is 4.87 Å². The van der Waals surface area contributed by atoms with Gasteiger partial charge in [-0.2, -0.15) is 5.10 Å². The number of hydrogen-bond acceptors (Lipinski definition) is 5. The summed E-state index contributed by atoms with van der Waals surface area (Å²) in [7, 11) is 0. The van der Waals surface area contributed by atoms with Crippen LogP contribution in [0.25, 0.3) is 0 Å². The second-order valence-corrected chi connectivity index (χ2v) is 3.39. The maximum Gasteiger partial charge on any atom is 0.325 e. The zero-order valence-corrected chi connectivity index (χ0v) is 7.74. The van der Waals surface area contributed by atoms with E-state index >= 15 is 0 Å². The summed E-state index contributed by atoms with van der Waals surface area (Å²) in [6, 6.07) is 1.78. The Morgan fingerprint density at radius 1 is 1.69 bits per heavy atom. The fraction of sp³-hybridized carbons (Fsp3) is 0.286. The van der Waals surface area contributed by atoms with E-state index in [1.54, 1.807) is 6.07 Å². The normalized spacial score (nSPS) is 10.5. The molecule has 13 heavy (non-hydrogen) atoms. The molecule has 0 aliphatic carbocycles. The summed E-state index contributed by atoms with van der Waals surface area (Å²) in [5.41, 5.74) is 2.31. The lowest BCUT2D eigenvalue weighted by Crippen LogP contribution is -2.14. The molecule has 0 aromatic carbocycles. The number of hydrogen-bond donors (Lipinski definition) is 0. The first-order valence-electron chi connectivity index (χ1n) is 3.68. The first kappa shape index (κ1) is 8.18. The molecule has 0 N–H and O–H groups in total. The maximum atomic E-state index is 11.1. The Balaban J connectivity index is 2.24. The minimum atomic E-state index is -0.0888. The first-order chi connectivity index (χ1) is 6.25. The molecule has 0 spiro atoms. The molecule has 0 fully saturated rings. The Kier molecular flexibility index (Phi) is 1.97. The molecule has 0 unspecified atom stereocenters. The van der Waals surface area contributed by atoms with E-state index in [2.05, 4.69) is 10.3 Å². The average molecular weight is 197 g/mol. The Labute approximate surface area is 77.6 Å². The van der Waals surface area contributed by atoms with Crippen molar-refractivity contribution in [1.82, 2.24) is 14.9 Å². The molecule has 68 valence electrons. The van der Waals surface area contributed by atoms with Gasteiger partial charge in [-0.15, -0.1) is 0 Å². The van der Waals surface area contributed by atoms with Crippen molar-refractivity contribution in [2.75, 3.05) is 0 Å². The second-order valence-electron chi connectivity index (χ2n) is 2.60. The molecule has 0 aliphatic rings. The van der Waals surface area contributed by atoms with Gasteiger partial charge < -0.3 is 4.52 Å². The molecule has 2 rings (SSSR count). The van der Waals surface area contributed by atoms with Crippen molar-refractivity contribution in [3.05, 3.63) is 32.7 Å². The van der Waals surface area contributed by atoms with Gasteiger partial charge in [0.15, 0.2) is 5.76 Å². The molecule has 0 bridgehead atoms. The van der Waals surface area contributed by atoms with Gasteiger partial charge in [0, 0.05) is 6.07 Å². The van der Waals surface area contributed by atoms with Gasteiger partial charge in [-0.25, -0.2) is 4.68 Å². The van der Waals surface area contributed by atoms with E-state index in [1.165, 1.54) is 10.2 Å². The fourth-order valence-electron chi connectivity index (χ4n) is 0.977. The van der Waals surface area contributed by atoms with Crippen LogP contribution in [-0.4, -0.2) is 14.9 Å². The fourth-order valence-corrected chi connectivity index (χ4v) is 1.46. The molecule has 2 aromatic rings. The third-order valence-electron chi connectivity index (χ3n) is 1.53. The van der Waals surface area contributed by atoms with Crippen molar-refractivity contribution in [1.29, 1.82) is 0 Å². The molecule has 0 amide bonds. The predicted octanol–water partition coefficient (Wildman–Crippen LogP) is 0.650. The summed E-state index contributed by atoms with van der Waals surface area (Å²) < 4.78 is 6.29. The third kappa shape index (κ3) is 1.67. The number of aromatic nitrogens is 3. The highest BCUT2D eigenvalue weighted by atomic mass is 32.1. The summed E-state index contributed by atoms with van der Waals surface area (Å²) in [5.74, 6) is 0.644. The first-order valence-corrected chi connectivity index (χ1v) is 4.56. The Hall–Kier alpha value is -1.43. The second kappa shape index (κ2) is 3.14. The van der Waals surface area contributed by atoms with Crippen molar-refractivity contribution >= 4 is 11.3 Å². The van der Waals surface area contributed by atoms with Crippen LogP contribution < -0.4 is 4.87 Å². The van der Waals surface area contributed by atoms with E-state index in [1.807, 2.05) is 6.92 Å². The number of nitrogens with zero attached hydrogens (tertiary/aromatic N) is 3. The van der Waals surface area contributed by atoms with E-state index in [0.717, 1.165) is 17.0 Å². The van der Waals surface area contributed by atoms with Crippen LogP contribution in [0.15, 0.2) is 20.9 Å². The highest BCUT2D eigenvalue weighted by Gasteiger charge is 2.04. The number of rotatable bonds is 2. The molecule has 0 aliphatic heterocycles. The molecule has 0 radical (unpaired) electrons. The quantitative estimate of drug-likeness (QED) is 0.709. The van der Waals surface area contributed by atoms with Crippen molar-refractivity contribution in [2.24, 2.45) is 0 Å². The third-order valence-corrected chi connectivity index (χ3v) is 2.15. The Morgan fingerprint density at radius 2 is 2.54 bits per heavy atom. The van der Waals surface area contributed by atoms with Crippen molar-refractivity contribution in [2.45, 2.75) is 13.5 Å². The van der Waals surface area contributed by atoms with Gasteiger partial charge in [-0.1, -0.05) is 16.5 Å². The zero-order chi connectivity index (χ0) is 9.26. The van der Waals surface area contributed by atoms with Gasteiger partial charge in [-0.3, -0.25) is 4.79 Å². The lowest BCUT2D eigenvalue weighted by atomic mass is 10.4. The van der Waals surface area contributed by atoms with Gasteiger partial charge in [0.1, 0.15) is 12.1 Å². The van der Waals surface area contributed by atoms with Crippen LogP contribution in [0.1, 0.15) is 11.5 Å². The van der Waals surface area contributed by atoms with Crippen LogP contribution in [0, 0.1) is 6.92 Å². The molecular formula is C7H7N3O2S.